The molecule has 0 bridgehead atoms. The van der Waals surface area contributed by atoms with Crippen molar-refractivity contribution in [3.63, 3.8) is 0 Å². The molecule has 0 saturated carbocycles. The standard InChI is InChI=1S/C29H33N3O2/c1-20-8-6-9-21-10-7-11-22(27(20)21)19-31-16-14-23(15-17-31)32-25-13-5-4-12-24(25)29(2,28(32)34)18-26(33)30-3/h4-13,23H,14-19H2,1-3H3,(H,30,33). The molecule has 2 amide bonds. The van der Waals surface area contributed by atoms with Gasteiger partial charge in [-0.3, -0.25) is 14.5 Å². The molecular weight excluding hydrogens is 422 g/mol. The smallest absolute Gasteiger partial charge is 0.238 e. The van der Waals surface area contributed by atoms with Crippen molar-refractivity contribution in [1.82, 2.24) is 10.2 Å². The molecule has 0 aliphatic carbocycles. The van der Waals surface area contributed by atoms with E-state index in [1.165, 1.54) is 21.9 Å². The summed E-state index contributed by atoms with van der Waals surface area (Å²) in [6.07, 6.45) is 2.04. The SMILES string of the molecule is CNC(=O)CC1(C)C(=O)N(C2CCN(Cc3cccc4cccc(C)c34)CC2)c2ccccc21. The number of fused-ring (bicyclic) bond motifs is 2. The summed E-state index contributed by atoms with van der Waals surface area (Å²) in [4.78, 5) is 30.5. The average Bonchev–Trinajstić information content (AvgIpc) is 3.06. The first-order chi connectivity index (χ1) is 16.4. The van der Waals surface area contributed by atoms with Gasteiger partial charge in [-0.1, -0.05) is 54.6 Å². The number of amides is 2. The molecule has 3 aromatic carbocycles. The molecule has 0 spiro atoms. The van der Waals surface area contributed by atoms with E-state index in [-0.39, 0.29) is 24.3 Å². The fraction of sp³-hybridized carbons (Fsp3) is 0.379. The highest BCUT2D eigenvalue weighted by Crippen LogP contribution is 2.46. The Morgan fingerprint density at radius 3 is 2.47 bits per heavy atom. The maximum Gasteiger partial charge on any atom is 0.238 e. The second-order valence-electron chi connectivity index (χ2n) is 9.97. The molecule has 2 aliphatic rings. The van der Waals surface area contributed by atoms with Crippen LogP contribution < -0.4 is 10.2 Å². The molecule has 2 heterocycles. The van der Waals surface area contributed by atoms with Crippen molar-refractivity contribution >= 4 is 28.3 Å². The lowest BCUT2D eigenvalue weighted by atomic mass is 9.80. The van der Waals surface area contributed by atoms with Crippen LogP contribution in [0.5, 0.6) is 0 Å². The number of piperidine rings is 1. The first-order valence-corrected chi connectivity index (χ1v) is 12.3. The van der Waals surface area contributed by atoms with Crippen LogP contribution >= 0.6 is 0 Å². The van der Waals surface area contributed by atoms with Crippen molar-refractivity contribution in [3.8, 4) is 0 Å². The van der Waals surface area contributed by atoms with Gasteiger partial charge in [0.1, 0.15) is 0 Å². The fourth-order valence-electron chi connectivity index (χ4n) is 5.91. The highest BCUT2D eigenvalue weighted by atomic mass is 16.2. The Hall–Kier alpha value is -3.18. The summed E-state index contributed by atoms with van der Waals surface area (Å²) in [5.74, 6) is -0.0480. The summed E-state index contributed by atoms with van der Waals surface area (Å²) in [6.45, 7) is 6.93. The Morgan fingerprint density at radius 2 is 1.74 bits per heavy atom. The maximum atomic E-state index is 13.7. The van der Waals surface area contributed by atoms with E-state index in [0.717, 1.165) is 43.7 Å². The van der Waals surface area contributed by atoms with Crippen LogP contribution in [0.4, 0.5) is 5.69 Å². The van der Waals surface area contributed by atoms with Crippen molar-refractivity contribution in [3.05, 3.63) is 77.4 Å². The number of hydrogen-bond donors (Lipinski definition) is 1. The maximum absolute atomic E-state index is 13.7. The van der Waals surface area contributed by atoms with E-state index in [9.17, 15) is 9.59 Å². The third-order valence-electron chi connectivity index (χ3n) is 7.76. The minimum absolute atomic E-state index is 0.0560. The Bertz CT molecular complexity index is 1240. The zero-order valence-electron chi connectivity index (χ0n) is 20.3. The van der Waals surface area contributed by atoms with Gasteiger partial charge in [0.2, 0.25) is 11.8 Å². The molecule has 5 rings (SSSR count). The molecule has 3 aromatic rings. The molecule has 1 fully saturated rings. The minimum Gasteiger partial charge on any atom is -0.359 e. The Balaban J connectivity index is 1.34. The first-order valence-electron chi connectivity index (χ1n) is 12.3. The molecule has 1 atom stereocenters. The predicted molar refractivity (Wildman–Crippen MR) is 137 cm³/mol. The van der Waals surface area contributed by atoms with E-state index < -0.39 is 5.41 Å². The van der Waals surface area contributed by atoms with Crippen molar-refractivity contribution in [2.45, 2.75) is 51.1 Å². The fourth-order valence-corrected chi connectivity index (χ4v) is 5.91. The Morgan fingerprint density at radius 1 is 1.03 bits per heavy atom. The van der Waals surface area contributed by atoms with Gasteiger partial charge in [-0.15, -0.1) is 0 Å². The van der Waals surface area contributed by atoms with E-state index in [1.807, 2.05) is 36.1 Å². The van der Waals surface area contributed by atoms with Crippen molar-refractivity contribution in [2.24, 2.45) is 0 Å². The van der Waals surface area contributed by atoms with Crippen LogP contribution in [-0.4, -0.2) is 42.9 Å². The zero-order valence-corrected chi connectivity index (χ0v) is 20.3. The summed E-state index contributed by atoms with van der Waals surface area (Å²) in [6, 6.07) is 21.2. The highest BCUT2D eigenvalue weighted by molar-refractivity contribution is 6.10. The number of nitrogens with zero attached hydrogens (tertiary/aromatic N) is 2. The Kier molecular flexibility index (Phi) is 5.90. The minimum atomic E-state index is -0.811. The van der Waals surface area contributed by atoms with Crippen LogP contribution in [0.1, 0.15) is 42.9 Å². The molecule has 34 heavy (non-hydrogen) atoms. The van der Waals surface area contributed by atoms with E-state index in [1.54, 1.807) is 7.05 Å². The second kappa shape index (κ2) is 8.88. The lowest BCUT2D eigenvalue weighted by Gasteiger charge is -2.38. The summed E-state index contributed by atoms with van der Waals surface area (Å²) < 4.78 is 0. The molecule has 2 aliphatic heterocycles. The van der Waals surface area contributed by atoms with Gasteiger partial charge >= 0.3 is 0 Å². The number of rotatable bonds is 5. The van der Waals surface area contributed by atoms with Crippen molar-refractivity contribution < 1.29 is 9.59 Å². The summed E-state index contributed by atoms with van der Waals surface area (Å²) in [5, 5.41) is 5.35. The van der Waals surface area contributed by atoms with Crippen LogP contribution in [0.3, 0.4) is 0 Å². The van der Waals surface area contributed by atoms with E-state index in [2.05, 4.69) is 53.5 Å². The lowest BCUT2D eigenvalue weighted by Crippen LogP contribution is -2.49. The van der Waals surface area contributed by atoms with Gasteiger partial charge in [0.25, 0.3) is 0 Å². The van der Waals surface area contributed by atoms with Crippen molar-refractivity contribution in [1.29, 1.82) is 0 Å². The predicted octanol–water partition coefficient (Wildman–Crippen LogP) is 4.55. The number of likely N-dealkylation sites (tertiary alicyclic amines) is 1. The molecular formula is C29H33N3O2. The number of benzene rings is 3. The molecule has 1 saturated heterocycles. The van der Waals surface area contributed by atoms with Gasteiger partial charge in [-0.05, 0) is 60.2 Å². The highest BCUT2D eigenvalue weighted by Gasteiger charge is 2.50. The third-order valence-corrected chi connectivity index (χ3v) is 7.76. The molecule has 0 radical (unpaired) electrons. The number of anilines is 1. The molecule has 1 unspecified atom stereocenters. The van der Waals surface area contributed by atoms with Crippen LogP contribution in [0.15, 0.2) is 60.7 Å². The van der Waals surface area contributed by atoms with Crippen LogP contribution in [0.25, 0.3) is 10.8 Å². The first kappa shape index (κ1) is 22.6. The monoisotopic (exact) mass is 455 g/mol. The summed E-state index contributed by atoms with van der Waals surface area (Å²) in [7, 11) is 1.63. The van der Waals surface area contributed by atoms with Gasteiger partial charge < -0.3 is 10.2 Å². The van der Waals surface area contributed by atoms with Gasteiger partial charge in [0.05, 0.1) is 5.41 Å². The Labute approximate surface area is 201 Å². The molecule has 5 heteroatoms. The molecule has 1 N–H and O–H groups in total. The van der Waals surface area contributed by atoms with Gasteiger partial charge in [-0.2, -0.15) is 0 Å². The number of hydrogen-bond acceptors (Lipinski definition) is 3. The number of aryl methyl sites for hydroxylation is 1. The van der Waals surface area contributed by atoms with Gasteiger partial charge in [0, 0.05) is 44.8 Å². The number of para-hydroxylation sites is 1. The van der Waals surface area contributed by atoms with Gasteiger partial charge in [-0.25, -0.2) is 0 Å². The van der Waals surface area contributed by atoms with Crippen LogP contribution in [0.2, 0.25) is 0 Å². The van der Waals surface area contributed by atoms with Gasteiger partial charge in [0.15, 0.2) is 0 Å². The van der Waals surface area contributed by atoms with E-state index in [0.29, 0.717) is 0 Å². The number of nitrogens with one attached hydrogen (secondary N) is 1. The third kappa shape index (κ3) is 3.78. The molecule has 5 nitrogen and oxygen atoms in total. The molecule has 0 aromatic heterocycles. The van der Waals surface area contributed by atoms with E-state index in [4.69, 9.17) is 0 Å². The van der Waals surface area contributed by atoms with Crippen molar-refractivity contribution in [2.75, 3.05) is 25.0 Å². The molecule has 176 valence electrons. The number of carbonyl (C=O) groups excluding carboxylic acids is 2. The quantitative estimate of drug-likeness (QED) is 0.614. The second-order valence-corrected chi connectivity index (χ2v) is 9.97. The van der Waals surface area contributed by atoms with Crippen LogP contribution in [-0.2, 0) is 21.5 Å². The summed E-state index contributed by atoms with van der Waals surface area (Å²) in [5.41, 5.74) is 3.82. The summed E-state index contributed by atoms with van der Waals surface area (Å²) >= 11 is 0. The number of carbonyl (C=O) groups is 2. The topological polar surface area (TPSA) is 52.7 Å². The average molecular weight is 456 g/mol. The zero-order chi connectivity index (χ0) is 23.9. The largest absolute Gasteiger partial charge is 0.359 e. The lowest BCUT2D eigenvalue weighted by molar-refractivity contribution is -0.129. The van der Waals surface area contributed by atoms with Crippen LogP contribution in [0, 0.1) is 6.92 Å². The normalized spacial score (nSPS) is 21.1. The van der Waals surface area contributed by atoms with E-state index >= 15 is 0 Å².